The molecule has 8 aromatic carbocycles. The van der Waals surface area contributed by atoms with Crippen LogP contribution in [0.3, 0.4) is 0 Å². The van der Waals surface area contributed by atoms with Crippen LogP contribution in [0.15, 0.2) is 188 Å². The number of ether oxygens (including phenoxy) is 1. The van der Waals surface area contributed by atoms with Crippen molar-refractivity contribution in [3.05, 3.63) is 210 Å². The number of aromatic nitrogens is 3. The highest BCUT2D eigenvalue weighted by Crippen LogP contribution is 2.63. The third-order valence-corrected chi connectivity index (χ3v) is 11.0. The molecule has 0 fully saturated rings. The predicted octanol–water partition coefficient (Wildman–Crippen LogP) is 12.2. The van der Waals surface area contributed by atoms with E-state index >= 15 is 0 Å². The molecule has 0 saturated carbocycles. The fourth-order valence-corrected chi connectivity index (χ4v) is 8.62. The Morgan fingerprint density at radius 1 is 0.333 bits per heavy atom. The summed E-state index contributed by atoms with van der Waals surface area (Å²) in [6, 6.07) is 66.1. The Bertz CT molecular complexity index is 2920. The SMILES string of the molecule is c1ccc(-c2ccc3c(c2)C2(c4ccccc4O3)c3ccccc3-c3c(-c4nc(-c5ccccc5)nc(-c5ccc6ccccc6c5)n4)cccc32)cc1. The first-order valence-corrected chi connectivity index (χ1v) is 18.3. The van der Waals surface area contributed by atoms with Gasteiger partial charge in [-0.3, -0.25) is 0 Å². The van der Waals surface area contributed by atoms with Gasteiger partial charge in [0.2, 0.25) is 0 Å². The molecule has 54 heavy (non-hydrogen) atoms. The van der Waals surface area contributed by atoms with E-state index in [0.29, 0.717) is 17.5 Å². The lowest BCUT2D eigenvalue weighted by Crippen LogP contribution is -2.32. The van der Waals surface area contributed by atoms with Gasteiger partial charge in [-0.25, -0.2) is 15.0 Å². The normalized spacial score (nSPS) is 14.9. The van der Waals surface area contributed by atoms with Crippen molar-refractivity contribution in [3.8, 4) is 67.9 Å². The summed E-state index contributed by atoms with van der Waals surface area (Å²) in [6.07, 6.45) is 0. The van der Waals surface area contributed by atoms with Gasteiger partial charge in [0.25, 0.3) is 0 Å². The fourth-order valence-electron chi connectivity index (χ4n) is 8.62. The Labute approximate surface area is 313 Å². The lowest BCUT2D eigenvalue weighted by atomic mass is 9.65. The molecule has 1 atom stereocenters. The Morgan fingerprint density at radius 3 is 1.76 bits per heavy atom. The summed E-state index contributed by atoms with van der Waals surface area (Å²) in [4.78, 5) is 15.6. The third kappa shape index (κ3) is 4.53. The average molecular weight is 690 g/mol. The van der Waals surface area contributed by atoms with Gasteiger partial charge in [0, 0.05) is 27.8 Å². The van der Waals surface area contributed by atoms with E-state index in [1.807, 2.05) is 18.2 Å². The molecule has 11 rings (SSSR count). The van der Waals surface area contributed by atoms with E-state index in [9.17, 15) is 0 Å². The quantitative estimate of drug-likeness (QED) is 0.185. The Kier molecular flexibility index (Phi) is 6.73. The minimum atomic E-state index is -0.645. The predicted molar refractivity (Wildman–Crippen MR) is 216 cm³/mol. The van der Waals surface area contributed by atoms with E-state index in [1.165, 1.54) is 16.5 Å². The molecule has 1 unspecified atom stereocenters. The number of fused-ring (bicyclic) bond motifs is 10. The van der Waals surface area contributed by atoms with Gasteiger partial charge < -0.3 is 4.74 Å². The molecule has 0 saturated heterocycles. The molecule has 2 aliphatic rings. The van der Waals surface area contributed by atoms with Crippen molar-refractivity contribution in [2.24, 2.45) is 0 Å². The monoisotopic (exact) mass is 689 g/mol. The van der Waals surface area contributed by atoms with Crippen LogP contribution >= 0.6 is 0 Å². The summed E-state index contributed by atoms with van der Waals surface area (Å²) < 4.78 is 6.73. The summed E-state index contributed by atoms with van der Waals surface area (Å²) in [7, 11) is 0. The van der Waals surface area contributed by atoms with Crippen LogP contribution < -0.4 is 4.74 Å². The maximum absolute atomic E-state index is 6.73. The zero-order chi connectivity index (χ0) is 35.6. The van der Waals surface area contributed by atoms with Crippen LogP contribution in [0, 0.1) is 0 Å². The number of rotatable bonds is 4. The van der Waals surface area contributed by atoms with E-state index < -0.39 is 5.41 Å². The molecule has 0 amide bonds. The topological polar surface area (TPSA) is 47.9 Å². The molecule has 4 nitrogen and oxygen atoms in total. The van der Waals surface area contributed by atoms with Crippen LogP contribution in [-0.2, 0) is 5.41 Å². The summed E-state index contributed by atoms with van der Waals surface area (Å²) >= 11 is 0. The molecule has 9 aromatic rings. The number of hydrogen-bond donors (Lipinski definition) is 0. The van der Waals surface area contributed by atoms with Gasteiger partial charge in [-0.05, 0) is 68.4 Å². The number of benzene rings is 8. The number of hydrogen-bond acceptors (Lipinski definition) is 4. The summed E-state index contributed by atoms with van der Waals surface area (Å²) in [5.41, 5.74) is 11.4. The van der Waals surface area contributed by atoms with Crippen LogP contribution in [0.2, 0.25) is 0 Å². The molecule has 2 heterocycles. The molecule has 0 bridgehead atoms. The first-order valence-electron chi connectivity index (χ1n) is 18.3. The molecule has 0 N–H and O–H groups in total. The van der Waals surface area contributed by atoms with Crippen molar-refractivity contribution < 1.29 is 4.74 Å². The molecule has 0 radical (unpaired) electrons. The summed E-state index contributed by atoms with van der Waals surface area (Å²) in [5.74, 6) is 3.62. The highest BCUT2D eigenvalue weighted by molar-refractivity contribution is 5.96. The second-order valence-electron chi connectivity index (χ2n) is 13.9. The van der Waals surface area contributed by atoms with Crippen molar-refractivity contribution >= 4 is 10.8 Å². The molecular formula is C50H31N3O. The van der Waals surface area contributed by atoms with E-state index in [0.717, 1.165) is 67.0 Å². The van der Waals surface area contributed by atoms with Crippen LogP contribution in [0.1, 0.15) is 22.3 Å². The second-order valence-corrected chi connectivity index (χ2v) is 13.9. The van der Waals surface area contributed by atoms with Crippen LogP contribution in [0.25, 0.3) is 67.2 Å². The van der Waals surface area contributed by atoms with Gasteiger partial charge in [0.1, 0.15) is 11.5 Å². The second kappa shape index (κ2) is 11.9. The zero-order valence-electron chi connectivity index (χ0n) is 29.1. The van der Waals surface area contributed by atoms with Crippen molar-refractivity contribution in [1.82, 2.24) is 15.0 Å². The summed E-state index contributed by atoms with van der Waals surface area (Å²) in [5, 5.41) is 2.32. The lowest BCUT2D eigenvalue weighted by Gasteiger charge is -2.39. The Morgan fingerprint density at radius 2 is 0.926 bits per heavy atom. The molecular weight excluding hydrogens is 659 g/mol. The van der Waals surface area contributed by atoms with Crippen molar-refractivity contribution in [3.63, 3.8) is 0 Å². The average Bonchev–Trinajstić information content (AvgIpc) is 3.55. The van der Waals surface area contributed by atoms with Gasteiger partial charge in [-0.1, -0.05) is 164 Å². The van der Waals surface area contributed by atoms with Crippen molar-refractivity contribution in [2.45, 2.75) is 5.41 Å². The fraction of sp³-hybridized carbons (Fsp3) is 0.0200. The van der Waals surface area contributed by atoms with Gasteiger partial charge in [-0.2, -0.15) is 0 Å². The maximum Gasteiger partial charge on any atom is 0.164 e. The van der Waals surface area contributed by atoms with E-state index in [4.69, 9.17) is 19.7 Å². The minimum absolute atomic E-state index is 0.634. The molecule has 1 spiro atoms. The Hall–Kier alpha value is -7.17. The summed E-state index contributed by atoms with van der Waals surface area (Å²) in [6.45, 7) is 0. The molecule has 1 aliphatic carbocycles. The number of para-hydroxylation sites is 1. The van der Waals surface area contributed by atoms with E-state index in [2.05, 4.69) is 170 Å². The molecule has 1 aromatic heterocycles. The van der Waals surface area contributed by atoms with Gasteiger partial charge >= 0.3 is 0 Å². The molecule has 1 aliphatic heterocycles. The van der Waals surface area contributed by atoms with Crippen molar-refractivity contribution in [1.29, 1.82) is 0 Å². The van der Waals surface area contributed by atoms with E-state index in [-0.39, 0.29) is 0 Å². The third-order valence-electron chi connectivity index (χ3n) is 11.0. The highest BCUT2D eigenvalue weighted by atomic mass is 16.5. The lowest BCUT2D eigenvalue weighted by molar-refractivity contribution is 0.436. The van der Waals surface area contributed by atoms with Gasteiger partial charge in [0.15, 0.2) is 17.5 Å². The minimum Gasteiger partial charge on any atom is -0.457 e. The van der Waals surface area contributed by atoms with Crippen LogP contribution in [-0.4, -0.2) is 15.0 Å². The number of nitrogens with zero attached hydrogens (tertiary/aromatic N) is 3. The zero-order valence-corrected chi connectivity index (χ0v) is 29.1. The molecule has 252 valence electrons. The largest absolute Gasteiger partial charge is 0.457 e. The van der Waals surface area contributed by atoms with Gasteiger partial charge in [0.05, 0.1) is 5.41 Å². The van der Waals surface area contributed by atoms with Gasteiger partial charge in [-0.15, -0.1) is 0 Å². The Balaban J connectivity index is 1.20. The smallest absolute Gasteiger partial charge is 0.164 e. The highest BCUT2D eigenvalue weighted by Gasteiger charge is 2.51. The first-order chi connectivity index (χ1) is 26.8. The maximum atomic E-state index is 6.73. The van der Waals surface area contributed by atoms with Crippen molar-refractivity contribution in [2.75, 3.05) is 0 Å². The van der Waals surface area contributed by atoms with Crippen LogP contribution in [0.5, 0.6) is 11.5 Å². The standard InChI is InChI=1S/C50H31N3O/c1-3-14-32(15-4-1)36-28-29-45-43(31-36)50(41-23-11-12-25-44(41)54-45)40-22-10-9-20-38(40)46-39(21-13-24-42(46)50)49-52-47(34-17-5-2-6-18-34)51-48(53-49)37-27-26-33-16-7-8-19-35(33)30-37/h1-31H. The molecule has 4 heteroatoms. The van der Waals surface area contributed by atoms with Crippen LogP contribution in [0.4, 0.5) is 0 Å². The van der Waals surface area contributed by atoms with E-state index in [1.54, 1.807) is 0 Å². The first kappa shape index (κ1) is 30.5.